The maximum Gasteiger partial charge on any atom is 0.113 e. The molecular formula is C5H12O4. The molecule has 0 saturated heterocycles. The van der Waals surface area contributed by atoms with Crippen molar-refractivity contribution >= 4 is 0 Å². The first-order chi connectivity index (χ1) is 4.18. The molecule has 4 N–H and O–H groups in total. The number of aliphatic hydroxyl groups is 4. The van der Waals surface area contributed by atoms with Crippen LogP contribution in [0.1, 0.15) is 6.42 Å². The Balaban J connectivity index is 3.62. The minimum Gasteiger partial charge on any atom is -0.396 e. The lowest BCUT2D eigenvalue weighted by molar-refractivity contribution is -0.0679. The van der Waals surface area contributed by atoms with Crippen LogP contribution in [0.5, 0.6) is 0 Å². The average Bonchev–Trinajstić information content (AvgIpc) is 1.89. The SMILES string of the molecule is OCCC(O)(CO)CO. The summed E-state index contributed by atoms with van der Waals surface area (Å²) in [7, 11) is 0. The van der Waals surface area contributed by atoms with Gasteiger partial charge in [0.1, 0.15) is 5.60 Å². The van der Waals surface area contributed by atoms with Gasteiger partial charge in [-0.25, -0.2) is 0 Å². The molecule has 0 saturated carbocycles. The fourth-order valence-corrected chi connectivity index (χ4v) is 0.416. The lowest BCUT2D eigenvalue weighted by Gasteiger charge is -2.21. The van der Waals surface area contributed by atoms with Crippen molar-refractivity contribution in [3.8, 4) is 0 Å². The van der Waals surface area contributed by atoms with Gasteiger partial charge in [0.05, 0.1) is 13.2 Å². The van der Waals surface area contributed by atoms with Crippen LogP contribution in [0.4, 0.5) is 0 Å². The van der Waals surface area contributed by atoms with E-state index in [0.29, 0.717) is 0 Å². The van der Waals surface area contributed by atoms with Gasteiger partial charge in [0.25, 0.3) is 0 Å². The largest absolute Gasteiger partial charge is 0.396 e. The van der Waals surface area contributed by atoms with Crippen LogP contribution in [-0.4, -0.2) is 45.8 Å². The van der Waals surface area contributed by atoms with Gasteiger partial charge < -0.3 is 20.4 Å². The first-order valence-corrected chi connectivity index (χ1v) is 2.73. The van der Waals surface area contributed by atoms with Crippen molar-refractivity contribution < 1.29 is 20.4 Å². The first-order valence-electron chi connectivity index (χ1n) is 2.73. The minimum absolute atomic E-state index is 0. The van der Waals surface area contributed by atoms with E-state index in [4.69, 9.17) is 20.4 Å². The van der Waals surface area contributed by atoms with E-state index in [1.807, 2.05) is 0 Å². The summed E-state index contributed by atoms with van der Waals surface area (Å²) in [6.07, 6.45) is 0. The quantitative estimate of drug-likeness (QED) is 0.363. The van der Waals surface area contributed by atoms with Crippen molar-refractivity contribution in [3.63, 3.8) is 0 Å². The van der Waals surface area contributed by atoms with E-state index >= 15 is 0 Å². The lowest BCUT2D eigenvalue weighted by Crippen LogP contribution is -2.38. The van der Waals surface area contributed by atoms with Crippen LogP contribution in [0.2, 0.25) is 0 Å². The van der Waals surface area contributed by atoms with E-state index in [-0.39, 0.29) is 13.0 Å². The van der Waals surface area contributed by atoms with E-state index in [1.165, 1.54) is 0 Å². The van der Waals surface area contributed by atoms with Crippen LogP contribution in [0.3, 0.4) is 0 Å². The van der Waals surface area contributed by atoms with E-state index in [1.54, 1.807) is 0 Å². The fraction of sp³-hybridized carbons (Fsp3) is 1.00. The summed E-state index contributed by atoms with van der Waals surface area (Å²) in [5.74, 6) is 0. The zero-order chi connectivity index (χ0) is 7.33. The van der Waals surface area contributed by atoms with Crippen molar-refractivity contribution in [2.75, 3.05) is 19.8 Å². The van der Waals surface area contributed by atoms with Gasteiger partial charge in [-0.1, -0.05) is 0 Å². The van der Waals surface area contributed by atoms with Gasteiger partial charge in [-0.15, -0.1) is 0 Å². The average molecular weight is 136 g/mol. The van der Waals surface area contributed by atoms with Gasteiger partial charge in [-0.3, -0.25) is 0 Å². The van der Waals surface area contributed by atoms with Crippen LogP contribution in [0.25, 0.3) is 0 Å². The summed E-state index contributed by atoms with van der Waals surface area (Å²) in [6.45, 7) is -1.29. The van der Waals surface area contributed by atoms with Crippen molar-refractivity contribution in [2.45, 2.75) is 12.0 Å². The highest BCUT2D eigenvalue weighted by Gasteiger charge is 2.23. The van der Waals surface area contributed by atoms with Crippen molar-refractivity contribution in [2.24, 2.45) is 0 Å². The third kappa shape index (κ3) is 2.76. The van der Waals surface area contributed by atoms with E-state index in [2.05, 4.69) is 0 Å². The van der Waals surface area contributed by atoms with Gasteiger partial charge >= 0.3 is 0 Å². The summed E-state index contributed by atoms with van der Waals surface area (Å²) in [5.41, 5.74) is -1.51. The Morgan fingerprint density at radius 1 is 1.00 bits per heavy atom. The zero-order valence-electron chi connectivity index (χ0n) is 5.12. The fourth-order valence-electron chi connectivity index (χ4n) is 0.416. The molecule has 56 valence electrons. The summed E-state index contributed by atoms with van der Waals surface area (Å²) >= 11 is 0. The Bertz CT molecular complexity index is 69.4. The molecule has 0 radical (unpaired) electrons. The van der Waals surface area contributed by atoms with Crippen LogP contribution < -0.4 is 0 Å². The molecule has 0 atom stereocenters. The molecule has 0 spiro atoms. The molecule has 0 bridgehead atoms. The topological polar surface area (TPSA) is 80.9 Å². The second-order valence-electron chi connectivity index (χ2n) is 2.01. The summed E-state index contributed by atoms with van der Waals surface area (Å²) in [4.78, 5) is 0. The molecule has 0 heterocycles. The zero-order valence-corrected chi connectivity index (χ0v) is 5.12. The Labute approximate surface area is 53.4 Å². The molecule has 0 aliphatic carbocycles. The van der Waals surface area contributed by atoms with Crippen LogP contribution in [0, 0.1) is 0 Å². The second-order valence-corrected chi connectivity index (χ2v) is 2.01. The Morgan fingerprint density at radius 3 is 1.56 bits per heavy atom. The monoisotopic (exact) mass is 136 g/mol. The van der Waals surface area contributed by atoms with Gasteiger partial charge in [-0.2, -0.15) is 0 Å². The Kier molecular flexibility index (Phi) is 3.72. The van der Waals surface area contributed by atoms with Crippen LogP contribution in [0.15, 0.2) is 0 Å². The highest BCUT2D eigenvalue weighted by Crippen LogP contribution is 2.06. The van der Waals surface area contributed by atoms with E-state index in [0.717, 1.165) is 0 Å². The maximum absolute atomic E-state index is 8.97. The number of aliphatic hydroxyl groups excluding tert-OH is 3. The molecule has 4 nitrogen and oxygen atoms in total. The van der Waals surface area contributed by atoms with Crippen molar-refractivity contribution in [1.82, 2.24) is 0 Å². The van der Waals surface area contributed by atoms with Crippen molar-refractivity contribution in [1.29, 1.82) is 0 Å². The number of hydrogen-bond acceptors (Lipinski definition) is 4. The van der Waals surface area contributed by atoms with E-state index in [9.17, 15) is 0 Å². The summed E-state index contributed by atoms with van der Waals surface area (Å²) in [5, 5.41) is 34.0. The normalized spacial score (nSPS) is 12.0. The van der Waals surface area contributed by atoms with Crippen molar-refractivity contribution in [3.05, 3.63) is 0 Å². The molecule has 0 fully saturated rings. The van der Waals surface area contributed by atoms with Gasteiger partial charge in [-0.05, 0) is 0 Å². The standard InChI is InChI=1S/C5H12O4/c6-2-1-5(9,3-7)4-8/h6-9H,1-4H2. The Morgan fingerprint density at radius 2 is 1.44 bits per heavy atom. The minimum atomic E-state index is -1.51. The molecule has 4 heteroatoms. The highest BCUT2D eigenvalue weighted by atomic mass is 16.4. The van der Waals surface area contributed by atoms with Crippen LogP contribution in [-0.2, 0) is 0 Å². The molecule has 9 heavy (non-hydrogen) atoms. The third-order valence-electron chi connectivity index (χ3n) is 1.17. The Hall–Kier alpha value is -0.160. The molecule has 0 aromatic heterocycles. The molecule has 0 aliphatic heterocycles. The predicted octanol–water partition coefficient (Wildman–Crippen LogP) is -1.92. The highest BCUT2D eigenvalue weighted by molar-refractivity contribution is 4.74. The molecule has 0 aromatic rings. The molecule has 0 aromatic carbocycles. The predicted molar refractivity (Wildman–Crippen MR) is 30.8 cm³/mol. The molecule has 0 aliphatic rings. The third-order valence-corrected chi connectivity index (χ3v) is 1.17. The van der Waals surface area contributed by atoms with Gasteiger partial charge in [0.15, 0.2) is 0 Å². The smallest absolute Gasteiger partial charge is 0.113 e. The number of rotatable bonds is 4. The molecule has 0 unspecified atom stereocenters. The van der Waals surface area contributed by atoms with Gasteiger partial charge in [0.2, 0.25) is 0 Å². The van der Waals surface area contributed by atoms with E-state index < -0.39 is 18.8 Å². The maximum atomic E-state index is 8.97. The van der Waals surface area contributed by atoms with Gasteiger partial charge in [0, 0.05) is 13.0 Å². The molecule has 0 amide bonds. The molecule has 0 rings (SSSR count). The van der Waals surface area contributed by atoms with Crippen LogP contribution >= 0.6 is 0 Å². The lowest BCUT2D eigenvalue weighted by atomic mass is 10.0. The number of hydrogen-bond donors (Lipinski definition) is 4. The summed E-state index contributed by atoms with van der Waals surface area (Å²) < 4.78 is 0. The summed E-state index contributed by atoms with van der Waals surface area (Å²) in [6, 6.07) is 0. The molecular weight excluding hydrogens is 124 g/mol. The first kappa shape index (κ1) is 8.84. The second kappa shape index (κ2) is 3.79.